The minimum atomic E-state index is -0.0600. The van der Waals surface area contributed by atoms with E-state index in [9.17, 15) is 4.79 Å². The highest BCUT2D eigenvalue weighted by molar-refractivity contribution is 5.77. The van der Waals surface area contributed by atoms with Crippen LogP contribution in [0, 0.1) is 5.41 Å². The summed E-state index contributed by atoms with van der Waals surface area (Å²) < 4.78 is 0. The van der Waals surface area contributed by atoms with Gasteiger partial charge in [0.15, 0.2) is 0 Å². The van der Waals surface area contributed by atoms with Gasteiger partial charge in [0.05, 0.1) is 11.7 Å². The van der Waals surface area contributed by atoms with Crippen LogP contribution in [0.2, 0.25) is 0 Å². The van der Waals surface area contributed by atoms with Gasteiger partial charge in [-0.1, -0.05) is 19.9 Å². The van der Waals surface area contributed by atoms with Crippen LogP contribution in [0.25, 0.3) is 0 Å². The number of carbonyl (C=O) groups excluding carboxylic acids is 1. The van der Waals surface area contributed by atoms with E-state index in [-0.39, 0.29) is 17.5 Å². The van der Waals surface area contributed by atoms with Crippen molar-refractivity contribution in [2.24, 2.45) is 11.1 Å². The van der Waals surface area contributed by atoms with Gasteiger partial charge in [0.2, 0.25) is 0 Å². The van der Waals surface area contributed by atoms with Gasteiger partial charge in [0.1, 0.15) is 0 Å². The highest BCUT2D eigenvalue weighted by Crippen LogP contribution is 2.29. The zero-order valence-corrected chi connectivity index (χ0v) is 11.8. The number of aromatic nitrogens is 1. The van der Waals surface area contributed by atoms with Gasteiger partial charge in [-0.25, -0.2) is 4.79 Å². The molecule has 1 atom stereocenters. The summed E-state index contributed by atoms with van der Waals surface area (Å²) in [5.41, 5.74) is 6.62. The summed E-state index contributed by atoms with van der Waals surface area (Å²) in [6.45, 7) is 6.07. The molecule has 1 aromatic rings. The first kappa shape index (κ1) is 13.8. The van der Waals surface area contributed by atoms with E-state index in [0.717, 1.165) is 5.69 Å². The van der Waals surface area contributed by atoms with Crippen molar-refractivity contribution in [1.82, 2.24) is 14.8 Å². The van der Waals surface area contributed by atoms with E-state index in [1.165, 1.54) is 0 Å². The molecule has 5 heteroatoms. The molecular weight excluding hydrogens is 240 g/mol. The van der Waals surface area contributed by atoms with Gasteiger partial charge in [-0.05, 0) is 24.1 Å². The lowest BCUT2D eigenvalue weighted by Crippen LogP contribution is -2.40. The molecule has 1 saturated heterocycles. The summed E-state index contributed by atoms with van der Waals surface area (Å²) in [6.07, 6.45) is 1.76. The normalized spacial score (nSPS) is 20.2. The quantitative estimate of drug-likeness (QED) is 0.894. The predicted molar refractivity (Wildman–Crippen MR) is 74.5 cm³/mol. The number of carbonyl (C=O) groups is 1. The van der Waals surface area contributed by atoms with Gasteiger partial charge >= 0.3 is 6.03 Å². The van der Waals surface area contributed by atoms with Crippen LogP contribution in [-0.2, 0) is 0 Å². The molecule has 5 nitrogen and oxygen atoms in total. The number of amides is 2. The van der Waals surface area contributed by atoms with E-state index in [2.05, 4.69) is 18.8 Å². The van der Waals surface area contributed by atoms with Crippen molar-refractivity contribution in [3.63, 3.8) is 0 Å². The van der Waals surface area contributed by atoms with Crippen LogP contribution in [0.15, 0.2) is 24.4 Å². The monoisotopic (exact) mass is 262 g/mol. The topological polar surface area (TPSA) is 62.5 Å². The lowest BCUT2D eigenvalue weighted by Gasteiger charge is -2.28. The maximum Gasteiger partial charge on any atom is 0.320 e. The molecule has 104 valence electrons. The summed E-state index contributed by atoms with van der Waals surface area (Å²) in [5, 5.41) is 0. The second-order valence-electron chi connectivity index (χ2n) is 5.91. The molecule has 0 aromatic carbocycles. The van der Waals surface area contributed by atoms with E-state index >= 15 is 0 Å². The van der Waals surface area contributed by atoms with Crippen molar-refractivity contribution in [3.05, 3.63) is 30.1 Å². The predicted octanol–water partition coefficient (Wildman–Crippen LogP) is 1.47. The van der Waals surface area contributed by atoms with E-state index in [1.807, 2.05) is 30.1 Å². The fourth-order valence-electron chi connectivity index (χ4n) is 2.34. The Morgan fingerprint density at radius 2 is 2.21 bits per heavy atom. The van der Waals surface area contributed by atoms with Gasteiger partial charge in [-0.15, -0.1) is 0 Å². The number of pyridine rings is 1. The fourth-order valence-corrected chi connectivity index (χ4v) is 2.34. The summed E-state index contributed by atoms with van der Waals surface area (Å²) in [6, 6.07) is 5.88. The van der Waals surface area contributed by atoms with E-state index in [4.69, 9.17) is 5.73 Å². The molecule has 0 aliphatic carbocycles. The molecule has 0 bridgehead atoms. The minimum Gasteiger partial charge on any atom is -0.330 e. The first-order valence-electron chi connectivity index (χ1n) is 6.57. The molecule has 2 rings (SSSR count). The van der Waals surface area contributed by atoms with Crippen molar-refractivity contribution in [2.75, 3.05) is 26.7 Å². The molecule has 1 fully saturated rings. The Labute approximate surface area is 114 Å². The summed E-state index contributed by atoms with van der Waals surface area (Å²) in [7, 11) is 1.83. The van der Waals surface area contributed by atoms with Crippen molar-refractivity contribution in [3.8, 4) is 0 Å². The Bertz CT molecular complexity index is 446. The highest BCUT2D eigenvalue weighted by atomic mass is 16.2. The minimum absolute atomic E-state index is 0.0299. The SMILES string of the molecule is CN1C(=O)N(CC(C)(C)CN)CC1c1ccccn1. The van der Waals surface area contributed by atoms with Crippen LogP contribution in [0.5, 0.6) is 0 Å². The molecule has 1 aliphatic rings. The molecule has 2 N–H and O–H groups in total. The Kier molecular flexibility index (Phi) is 3.75. The molecule has 0 radical (unpaired) electrons. The highest BCUT2D eigenvalue weighted by Gasteiger charge is 2.38. The van der Waals surface area contributed by atoms with Crippen LogP contribution >= 0.6 is 0 Å². The third-order valence-corrected chi connectivity index (χ3v) is 3.63. The van der Waals surface area contributed by atoms with Gasteiger partial charge in [0, 0.05) is 26.3 Å². The van der Waals surface area contributed by atoms with Gasteiger partial charge < -0.3 is 15.5 Å². The lowest BCUT2D eigenvalue weighted by atomic mass is 9.93. The van der Waals surface area contributed by atoms with Crippen LogP contribution < -0.4 is 5.73 Å². The number of rotatable bonds is 4. The summed E-state index contributed by atoms with van der Waals surface area (Å²) in [5.74, 6) is 0. The van der Waals surface area contributed by atoms with Crippen molar-refractivity contribution in [1.29, 1.82) is 0 Å². The third kappa shape index (κ3) is 2.87. The van der Waals surface area contributed by atoms with Crippen LogP contribution in [0.3, 0.4) is 0 Å². The van der Waals surface area contributed by atoms with Gasteiger partial charge in [0.25, 0.3) is 0 Å². The largest absolute Gasteiger partial charge is 0.330 e. The lowest BCUT2D eigenvalue weighted by molar-refractivity contribution is 0.177. The van der Waals surface area contributed by atoms with E-state index in [1.54, 1.807) is 11.1 Å². The molecule has 1 aliphatic heterocycles. The standard InChI is InChI=1S/C14H22N4O/c1-14(2,9-15)10-18-8-12(17(3)13(18)19)11-6-4-5-7-16-11/h4-7,12H,8-10,15H2,1-3H3. The Balaban J connectivity index is 2.13. The third-order valence-electron chi connectivity index (χ3n) is 3.63. The first-order chi connectivity index (χ1) is 8.94. The van der Waals surface area contributed by atoms with Gasteiger partial charge in [-0.3, -0.25) is 4.98 Å². The Hall–Kier alpha value is -1.62. The van der Waals surface area contributed by atoms with E-state index < -0.39 is 0 Å². The summed E-state index contributed by atoms with van der Waals surface area (Å²) >= 11 is 0. The molecule has 1 unspecified atom stereocenters. The average molecular weight is 262 g/mol. The van der Waals surface area contributed by atoms with E-state index in [0.29, 0.717) is 19.6 Å². The smallest absolute Gasteiger partial charge is 0.320 e. The number of nitrogens with zero attached hydrogens (tertiary/aromatic N) is 3. The number of nitrogens with two attached hydrogens (primary N) is 1. The van der Waals surface area contributed by atoms with Crippen molar-refractivity contribution >= 4 is 6.03 Å². The number of likely N-dealkylation sites (N-methyl/N-ethyl adjacent to an activating group) is 1. The zero-order valence-electron chi connectivity index (χ0n) is 11.8. The van der Waals surface area contributed by atoms with Crippen molar-refractivity contribution in [2.45, 2.75) is 19.9 Å². The zero-order chi connectivity index (χ0) is 14.0. The van der Waals surface area contributed by atoms with Crippen LogP contribution in [-0.4, -0.2) is 47.5 Å². The number of hydrogen-bond donors (Lipinski definition) is 1. The average Bonchev–Trinajstić information content (AvgIpc) is 2.68. The molecule has 19 heavy (non-hydrogen) atoms. The molecular formula is C14H22N4O. The molecule has 1 aromatic heterocycles. The number of urea groups is 1. The maximum atomic E-state index is 12.3. The molecule has 2 amide bonds. The van der Waals surface area contributed by atoms with Crippen molar-refractivity contribution < 1.29 is 4.79 Å². The fraction of sp³-hybridized carbons (Fsp3) is 0.571. The number of hydrogen-bond acceptors (Lipinski definition) is 3. The van der Waals surface area contributed by atoms with Crippen LogP contribution in [0.1, 0.15) is 25.6 Å². The second kappa shape index (κ2) is 5.17. The molecule has 0 spiro atoms. The Morgan fingerprint density at radius 1 is 1.47 bits per heavy atom. The summed E-state index contributed by atoms with van der Waals surface area (Å²) in [4.78, 5) is 20.2. The Morgan fingerprint density at radius 3 is 2.79 bits per heavy atom. The maximum absolute atomic E-state index is 12.3. The first-order valence-corrected chi connectivity index (χ1v) is 6.57. The van der Waals surface area contributed by atoms with Gasteiger partial charge in [-0.2, -0.15) is 0 Å². The second-order valence-corrected chi connectivity index (χ2v) is 5.91. The van der Waals surface area contributed by atoms with Crippen LogP contribution in [0.4, 0.5) is 4.79 Å². The molecule has 2 heterocycles. The molecule has 0 saturated carbocycles.